The monoisotopic (exact) mass is 362 g/mol. The van der Waals surface area contributed by atoms with Gasteiger partial charge in [0, 0.05) is 10.7 Å². The minimum absolute atomic E-state index is 0.257. The van der Waals surface area contributed by atoms with Gasteiger partial charge in [0.05, 0.1) is 28.9 Å². The lowest BCUT2D eigenvalue weighted by atomic mass is 10.2. The number of carbonyl (C=O) groups excluding carboxylic acids is 2. The molecule has 0 aliphatic carbocycles. The van der Waals surface area contributed by atoms with Crippen LogP contribution in [-0.2, 0) is 4.79 Å². The molecule has 122 valence electrons. The van der Waals surface area contributed by atoms with E-state index in [2.05, 4.69) is 16.0 Å². The Hall–Kier alpha value is -2.75. The van der Waals surface area contributed by atoms with Gasteiger partial charge in [-0.05, 0) is 36.4 Å². The summed E-state index contributed by atoms with van der Waals surface area (Å²) in [5.74, 6) is -0.458. The number of amides is 3. The van der Waals surface area contributed by atoms with Gasteiger partial charge < -0.3 is 16.0 Å². The van der Waals surface area contributed by atoms with E-state index in [4.69, 9.17) is 28.5 Å². The molecule has 0 aliphatic rings. The summed E-state index contributed by atoms with van der Waals surface area (Å²) in [5, 5.41) is 17.0. The van der Waals surface area contributed by atoms with Crippen LogP contribution in [0.5, 0.6) is 0 Å². The number of nitrogens with one attached hydrogen (secondary N) is 3. The van der Waals surface area contributed by atoms with Crippen molar-refractivity contribution in [3.05, 3.63) is 58.1 Å². The van der Waals surface area contributed by atoms with Crippen LogP contribution < -0.4 is 16.0 Å². The number of anilines is 2. The summed E-state index contributed by atoms with van der Waals surface area (Å²) in [5.41, 5.74) is 1.23. The summed E-state index contributed by atoms with van der Waals surface area (Å²) in [6, 6.07) is 12.5. The smallest absolute Gasteiger partial charge is 0.319 e. The van der Waals surface area contributed by atoms with Gasteiger partial charge in [0.15, 0.2) is 0 Å². The molecule has 2 aromatic carbocycles. The second kappa shape index (κ2) is 8.20. The Morgan fingerprint density at radius 1 is 1.08 bits per heavy atom. The van der Waals surface area contributed by atoms with E-state index in [0.29, 0.717) is 27.0 Å². The summed E-state index contributed by atoms with van der Waals surface area (Å²) in [4.78, 5) is 23.6. The maximum atomic E-state index is 11.8. The van der Waals surface area contributed by atoms with Gasteiger partial charge in [0.2, 0.25) is 5.91 Å². The van der Waals surface area contributed by atoms with Crippen LogP contribution in [-0.4, -0.2) is 18.5 Å². The Labute approximate surface area is 148 Å². The van der Waals surface area contributed by atoms with E-state index in [1.165, 1.54) is 12.1 Å². The zero-order valence-electron chi connectivity index (χ0n) is 12.3. The number of hydrogen-bond acceptors (Lipinski definition) is 3. The van der Waals surface area contributed by atoms with Gasteiger partial charge in [-0.3, -0.25) is 4.79 Å². The molecule has 2 rings (SSSR count). The Morgan fingerprint density at radius 2 is 1.88 bits per heavy atom. The van der Waals surface area contributed by atoms with E-state index in [-0.39, 0.29) is 6.54 Å². The first-order chi connectivity index (χ1) is 11.5. The van der Waals surface area contributed by atoms with Crippen molar-refractivity contribution >= 4 is 46.5 Å². The van der Waals surface area contributed by atoms with E-state index in [9.17, 15) is 9.59 Å². The standard InChI is InChI=1S/C16H12Cl2N4O2/c17-11-4-5-13(18)14(7-11)22-15(23)9-20-16(24)21-12-3-1-2-10(6-12)8-19/h1-7H,9H2,(H,22,23)(H2,20,21,24). The average Bonchev–Trinajstić information content (AvgIpc) is 2.56. The SMILES string of the molecule is N#Cc1cccc(NC(=O)NCC(=O)Nc2cc(Cl)ccc2Cl)c1. The summed E-state index contributed by atoms with van der Waals surface area (Å²) in [6.07, 6.45) is 0. The Kier molecular flexibility index (Phi) is 6.01. The lowest BCUT2D eigenvalue weighted by Gasteiger charge is -2.10. The zero-order chi connectivity index (χ0) is 17.5. The molecule has 24 heavy (non-hydrogen) atoms. The van der Waals surface area contributed by atoms with Crippen LogP contribution in [0, 0.1) is 11.3 Å². The molecule has 6 nitrogen and oxygen atoms in total. The minimum atomic E-state index is -0.572. The number of halogens is 2. The summed E-state index contributed by atoms with van der Waals surface area (Å²) in [6.45, 7) is -0.257. The second-order valence-corrected chi connectivity index (χ2v) is 5.52. The average molecular weight is 363 g/mol. The molecule has 0 bridgehead atoms. The highest BCUT2D eigenvalue weighted by molar-refractivity contribution is 6.35. The second-order valence-electron chi connectivity index (χ2n) is 4.67. The lowest BCUT2D eigenvalue weighted by molar-refractivity contribution is -0.115. The number of nitrogens with zero attached hydrogens (tertiary/aromatic N) is 1. The number of nitriles is 1. The van der Waals surface area contributed by atoms with E-state index < -0.39 is 11.9 Å². The molecule has 0 saturated heterocycles. The van der Waals surface area contributed by atoms with E-state index in [1.807, 2.05) is 6.07 Å². The van der Waals surface area contributed by atoms with Crippen molar-refractivity contribution in [1.29, 1.82) is 5.26 Å². The van der Waals surface area contributed by atoms with Crippen molar-refractivity contribution < 1.29 is 9.59 Å². The van der Waals surface area contributed by atoms with Gasteiger partial charge in [0.25, 0.3) is 0 Å². The number of rotatable bonds is 4. The van der Waals surface area contributed by atoms with Gasteiger partial charge in [-0.1, -0.05) is 29.3 Å². The van der Waals surface area contributed by atoms with Crippen LogP contribution in [0.1, 0.15) is 5.56 Å². The van der Waals surface area contributed by atoms with Gasteiger partial charge in [-0.25, -0.2) is 4.79 Å². The first-order valence-electron chi connectivity index (χ1n) is 6.78. The van der Waals surface area contributed by atoms with Gasteiger partial charge in [-0.2, -0.15) is 5.26 Å². The molecule has 0 radical (unpaired) electrons. The summed E-state index contributed by atoms with van der Waals surface area (Å²) in [7, 11) is 0. The number of benzene rings is 2. The van der Waals surface area contributed by atoms with Crippen molar-refractivity contribution in [2.45, 2.75) is 0 Å². The molecular weight excluding hydrogens is 351 g/mol. The first-order valence-corrected chi connectivity index (χ1v) is 7.53. The lowest BCUT2D eigenvalue weighted by Crippen LogP contribution is -2.35. The van der Waals surface area contributed by atoms with Crippen molar-refractivity contribution in [3.8, 4) is 6.07 Å². The van der Waals surface area contributed by atoms with Crippen molar-refractivity contribution in [3.63, 3.8) is 0 Å². The number of hydrogen-bond donors (Lipinski definition) is 3. The Bertz CT molecular complexity index is 818. The Balaban J connectivity index is 1.86. The maximum Gasteiger partial charge on any atom is 0.319 e. The minimum Gasteiger partial charge on any atom is -0.329 e. The largest absolute Gasteiger partial charge is 0.329 e. The van der Waals surface area contributed by atoms with E-state index in [0.717, 1.165) is 0 Å². The van der Waals surface area contributed by atoms with Gasteiger partial charge in [-0.15, -0.1) is 0 Å². The van der Waals surface area contributed by atoms with Crippen LogP contribution in [0.25, 0.3) is 0 Å². The predicted molar refractivity (Wildman–Crippen MR) is 93.3 cm³/mol. The molecular formula is C16H12Cl2N4O2. The van der Waals surface area contributed by atoms with Gasteiger partial charge >= 0.3 is 6.03 Å². The third-order valence-corrected chi connectivity index (χ3v) is 3.43. The highest BCUT2D eigenvalue weighted by atomic mass is 35.5. The van der Waals surface area contributed by atoms with Crippen molar-refractivity contribution in [2.75, 3.05) is 17.2 Å². The molecule has 0 heterocycles. The molecule has 0 fully saturated rings. The third kappa shape index (κ3) is 5.16. The zero-order valence-corrected chi connectivity index (χ0v) is 13.8. The highest BCUT2D eigenvalue weighted by Gasteiger charge is 2.09. The van der Waals surface area contributed by atoms with Crippen LogP contribution in [0.15, 0.2) is 42.5 Å². The highest BCUT2D eigenvalue weighted by Crippen LogP contribution is 2.25. The molecule has 0 aliphatic heterocycles. The van der Waals surface area contributed by atoms with Crippen LogP contribution in [0.2, 0.25) is 10.0 Å². The topological polar surface area (TPSA) is 94.0 Å². The number of urea groups is 1. The summed E-state index contributed by atoms with van der Waals surface area (Å²) < 4.78 is 0. The first kappa shape index (κ1) is 17.6. The van der Waals surface area contributed by atoms with E-state index in [1.54, 1.807) is 30.3 Å². The molecule has 0 atom stereocenters. The predicted octanol–water partition coefficient (Wildman–Crippen LogP) is 3.63. The fourth-order valence-electron chi connectivity index (χ4n) is 1.79. The van der Waals surface area contributed by atoms with Gasteiger partial charge in [0.1, 0.15) is 0 Å². The summed E-state index contributed by atoms with van der Waals surface area (Å²) >= 11 is 11.8. The molecule has 2 aromatic rings. The molecule has 8 heteroatoms. The fraction of sp³-hybridized carbons (Fsp3) is 0.0625. The third-order valence-electron chi connectivity index (χ3n) is 2.86. The molecule has 3 N–H and O–H groups in total. The molecule has 0 spiro atoms. The van der Waals surface area contributed by atoms with E-state index >= 15 is 0 Å². The normalized spacial score (nSPS) is 9.71. The van der Waals surface area contributed by atoms with Crippen LogP contribution in [0.4, 0.5) is 16.2 Å². The molecule has 0 saturated carbocycles. The Morgan fingerprint density at radius 3 is 2.62 bits per heavy atom. The van der Waals surface area contributed by atoms with Crippen LogP contribution >= 0.6 is 23.2 Å². The van der Waals surface area contributed by atoms with Crippen molar-refractivity contribution in [2.24, 2.45) is 0 Å². The van der Waals surface area contributed by atoms with Crippen molar-refractivity contribution in [1.82, 2.24) is 5.32 Å². The molecule has 0 unspecified atom stereocenters. The molecule has 3 amide bonds. The maximum absolute atomic E-state index is 11.8. The quantitative estimate of drug-likeness (QED) is 0.774. The van der Waals surface area contributed by atoms with Crippen LogP contribution in [0.3, 0.4) is 0 Å². The number of carbonyl (C=O) groups is 2. The fourth-order valence-corrected chi connectivity index (χ4v) is 2.13. The molecule has 0 aromatic heterocycles.